The molecule has 5 heteroatoms. The number of hydrogen-bond acceptors (Lipinski definition) is 3. The van der Waals surface area contributed by atoms with Crippen LogP contribution in [0, 0.1) is 0 Å². The molecule has 0 saturated carbocycles. The smallest absolute Gasteiger partial charge is 0.288 e. The highest BCUT2D eigenvalue weighted by Gasteiger charge is 2.08. The van der Waals surface area contributed by atoms with E-state index in [1.54, 1.807) is 19.2 Å². The highest BCUT2D eigenvalue weighted by Crippen LogP contribution is 2.31. The molecule has 2 nitrogen and oxygen atoms in total. The van der Waals surface area contributed by atoms with E-state index in [1.165, 1.54) is 0 Å². The van der Waals surface area contributed by atoms with Gasteiger partial charge in [-0.25, -0.2) is 0 Å². The van der Waals surface area contributed by atoms with Crippen LogP contribution in [0.1, 0.15) is 5.56 Å². The summed E-state index contributed by atoms with van der Waals surface area (Å²) in [7, 11) is 3.51. The van der Waals surface area contributed by atoms with Crippen LogP contribution in [0.15, 0.2) is 47.4 Å². The molecule has 0 aliphatic rings. The van der Waals surface area contributed by atoms with Crippen LogP contribution in [-0.4, -0.2) is 19.9 Å². The van der Waals surface area contributed by atoms with Crippen molar-refractivity contribution in [3.63, 3.8) is 0 Å². The van der Waals surface area contributed by atoms with Gasteiger partial charge in [-0.05, 0) is 48.0 Å². The zero-order chi connectivity index (χ0) is 15.2. The maximum absolute atomic E-state index is 12.3. The average molecular weight is 309 g/mol. The highest BCUT2D eigenvalue weighted by molar-refractivity contribution is 7.99. The SMILES string of the molecule is CNCc1cc(OC)ccc1-c1ccc(SC(F)F)cc1. The van der Waals surface area contributed by atoms with Gasteiger partial charge in [0, 0.05) is 11.4 Å². The third-order valence-corrected chi connectivity index (χ3v) is 3.79. The fourth-order valence-electron chi connectivity index (χ4n) is 2.13. The molecular weight excluding hydrogens is 292 g/mol. The highest BCUT2D eigenvalue weighted by atomic mass is 32.2. The molecule has 21 heavy (non-hydrogen) atoms. The van der Waals surface area contributed by atoms with Gasteiger partial charge in [0.05, 0.1) is 7.11 Å². The quantitative estimate of drug-likeness (QED) is 0.799. The van der Waals surface area contributed by atoms with Crippen molar-refractivity contribution in [2.75, 3.05) is 14.2 Å². The zero-order valence-electron chi connectivity index (χ0n) is 11.9. The number of methoxy groups -OCH3 is 1. The molecule has 1 N–H and O–H groups in total. The average Bonchev–Trinajstić information content (AvgIpc) is 2.48. The molecule has 0 aliphatic carbocycles. The van der Waals surface area contributed by atoms with Crippen molar-refractivity contribution in [1.82, 2.24) is 5.32 Å². The molecule has 0 atom stereocenters. The van der Waals surface area contributed by atoms with Gasteiger partial charge >= 0.3 is 0 Å². The summed E-state index contributed by atoms with van der Waals surface area (Å²) in [6.45, 7) is 0.708. The van der Waals surface area contributed by atoms with Crippen molar-refractivity contribution in [2.45, 2.75) is 17.2 Å². The zero-order valence-corrected chi connectivity index (χ0v) is 12.7. The number of ether oxygens (including phenoxy) is 1. The van der Waals surface area contributed by atoms with E-state index in [9.17, 15) is 8.78 Å². The minimum atomic E-state index is -2.39. The van der Waals surface area contributed by atoms with E-state index in [0.717, 1.165) is 22.4 Å². The van der Waals surface area contributed by atoms with Gasteiger partial charge in [0.15, 0.2) is 0 Å². The van der Waals surface area contributed by atoms with Crippen molar-refractivity contribution in [3.8, 4) is 16.9 Å². The number of benzene rings is 2. The molecule has 0 bridgehead atoms. The largest absolute Gasteiger partial charge is 0.497 e. The number of rotatable bonds is 6. The Morgan fingerprint density at radius 3 is 2.43 bits per heavy atom. The summed E-state index contributed by atoms with van der Waals surface area (Å²) in [5, 5.41) is 3.12. The van der Waals surface area contributed by atoms with Crippen LogP contribution < -0.4 is 10.1 Å². The van der Waals surface area contributed by atoms with E-state index in [1.807, 2.05) is 37.4 Å². The Hall–Kier alpha value is -1.59. The van der Waals surface area contributed by atoms with Crippen molar-refractivity contribution < 1.29 is 13.5 Å². The second-order valence-electron chi connectivity index (χ2n) is 4.46. The van der Waals surface area contributed by atoms with E-state index < -0.39 is 5.76 Å². The Balaban J connectivity index is 2.32. The van der Waals surface area contributed by atoms with Crippen molar-refractivity contribution in [3.05, 3.63) is 48.0 Å². The minimum absolute atomic E-state index is 0.557. The van der Waals surface area contributed by atoms with E-state index in [2.05, 4.69) is 5.32 Å². The number of alkyl halides is 2. The second kappa shape index (κ2) is 7.43. The minimum Gasteiger partial charge on any atom is -0.497 e. The summed E-state index contributed by atoms with van der Waals surface area (Å²) in [5.41, 5.74) is 3.17. The van der Waals surface area contributed by atoms with Crippen molar-refractivity contribution >= 4 is 11.8 Å². The number of thioether (sulfide) groups is 1. The normalized spacial score (nSPS) is 10.9. The van der Waals surface area contributed by atoms with E-state index in [-0.39, 0.29) is 0 Å². The number of hydrogen-bond donors (Lipinski definition) is 1. The molecule has 2 aromatic carbocycles. The molecule has 2 rings (SSSR count). The van der Waals surface area contributed by atoms with Gasteiger partial charge in [0.25, 0.3) is 5.76 Å². The van der Waals surface area contributed by atoms with Gasteiger partial charge in [-0.1, -0.05) is 30.0 Å². The second-order valence-corrected chi connectivity index (χ2v) is 5.52. The van der Waals surface area contributed by atoms with Crippen molar-refractivity contribution in [2.24, 2.45) is 0 Å². The topological polar surface area (TPSA) is 21.3 Å². The summed E-state index contributed by atoms with van der Waals surface area (Å²) >= 11 is 0.557. The summed E-state index contributed by atoms with van der Waals surface area (Å²) < 4.78 is 29.9. The third-order valence-electron chi connectivity index (χ3n) is 3.07. The monoisotopic (exact) mass is 309 g/mol. The standard InChI is InChI=1S/C16H17F2NOS/c1-19-10-12-9-13(20-2)5-8-15(12)11-3-6-14(7-4-11)21-16(17)18/h3-9,16,19H,10H2,1-2H3. The van der Waals surface area contributed by atoms with Gasteiger partial charge in [0.2, 0.25) is 0 Å². The lowest BCUT2D eigenvalue weighted by Gasteiger charge is -2.12. The molecule has 0 heterocycles. The maximum Gasteiger partial charge on any atom is 0.288 e. The fraction of sp³-hybridized carbons (Fsp3) is 0.250. The molecule has 0 amide bonds. The summed E-state index contributed by atoms with van der Waals surface area (Å²) in [4.78, 5) is 0.567. The molecule has 0 radical (unpaired) electrons. The molecule has 0 saturated heterocycles. The molecule has 0 spiro atoms. The molecule has 0 fully saturated rings. The summed E-state index contributed by atoms with van der Waals surface area (Å²) in [6, 6.07) is 13.0. The van der Waals surface area contributed by atoms with Gasteiger partial charge in [-0.2, -0.15) is 8.78 Å². The number of nitrogens with one attached hydrogen (secondary N) is 1. The predicted octanol–water partition coefficient (Wildman–Crippen LogP) is 4.40. The lowest BCUT2D eigenvalue weighted by atomic mass is 9.99. The molecule has 2 aromatic rings. The van der Waals surface area contributed by atoms with Gasteiger partial charge in [-0.15, -0.1) is 0 Å². The lowest BCUT2D eigenvalue weighted by Crippen LogP contribution is -2.06. The number of halogens is 2. The summed E-state index contributed by atoms with van der Waals surface area (Å²) in [6.07, 6.45) is 0. The van der Waals surface area contributed by atoms with Crippen LogP contribution in [0.4, 0.5) is 8.78 Å². The van der Waals surface area contributed by atoms with E-state index in [4.69, 9.17) is 4.74 Å². The Morgan fingerprint density at radius 2 is 1.86 bits per heavy atom. The molecule has 0 aromatic heterocycles. The first-order valence-corrected chi connectivity index (χ1v) is 7.38. The van der Waals surface area contributed by atoms with Crippen LogP contribution in [0.25, 0.3) is 11.1 Å². The molecular formula is C16H17F2NOS. The van der Waals surface area contributed by atoms with Crippen LogP contribution >= 0.6 is 11.8 Å². The Kier molecular flexibility index (Phi) is 5.59. The molecule has 112 valence electrons. The van der Waals surface area contributed by atoms with Crippen LogP contribution in [0.2, 0.25) is 0 Å². The van der Waals surface area contributed by atoms with E-state index in [0.29, 0.717) is 23.2 Å². The molecule has 0 aliphatic heterocycles. The van der Waals surface area contributed by atoms with Gasteiger partial charge in [-0.3, -0.25) is 0 Å². The van der Waals surface area contributed by atoms with Gasteiger partial charge < -0.3 is 10.1 Å². The molecule has 0 unspecified atom stereocenters. The van der Waals surface area contributed by atoms with Crippen molar-refractivity contribution in [1.29, 1.82) is 0 Å². The first-order chi connectivity index (χ1) is 10.1. The Labute approximate surface area is 127 Å². The Bertz CT molecular complexity index is 587. The van der Waals surface area contributed by atoms with Gasteiger partial charge in [0.1, 0.15) is 5.75 Å². The summed E-state index contributed by atoms with van der Waals surface area (Å²) in [5.74, 6) is -1.59. The fourth-order valence-corrected chi connectivity index (χ4v) is 2.63. The maximum atomic E-state index is 12.3. The third kappa shape index (κ3) is 4.19. The van der Waals surface area contributed by atoms with Crippen LogP contribution in [-0.2, 0) is 6.54 Å². The Morgan fingerprint density at radius 1 is 1.14 bits per heavy atom. The van der Waals surface area contributed by atoms with E-state index >= 15 is 0 Å². The first kappa shape index (κ1) is 15.8. The van der Waals surface area contributed by atoms with Crippen LogP contribution in [0.5, 0.6) is 5.75 Å². The first-order valence-electron chi connectivity index (χ1n) is 6.51. The lowest BCUT2D eigenvalue weighted by molar-refractivity contribution is 0.252. The predicted molar refractivity (Wildman–Crippen MR) is 83.1 cm³/mol. The van der Waals surface area contributed by atoms with Crippen LogP contribution in [0.3, 0.4) is 0 Å².